The van der Waals surface area contributed by atoms with Crippen LogP contribution in [0.1, 0.15) is 40.0 Å². The Labute approximate surface area is 111 Å². The van der Waals surface area contributed by atoms with E-state index in [4.69, 9.17) is 0 Å². The smallest absolute Gasteiger partial charge is 0.0575 e. The van der Waals surface area contributed by atoms with E-state index in [2.05, 4.69) is 42.0 Å². The first-order chi connectivity index (χ1) is 8.72. The van der Waals surface area contributed by atoms with Crippen LogP contribution in [-0.4, -0.2) is 24.1 Å². The zero-order valence-corrected chi connectivity index (χ0v) is 11.8. The predicted molar refractivity (Wildman–Crippen MR) is 78.2 cm³/mol. The molecule has 2 unspecified atom stereocenters. The second-order valence-corrected chi connectivity index (χ2v) is 5.41. The topological polar surface area (TPSA) is 28.2 Å². The molecule has 3 nitrogen and oxygen atoms in total. The molecular weight excluding hydrogens is 222 g/mol. The number of rotatable bonds is 4. The molecule has 1 aromatic rings. The highest BCUT2D eigenvalue weighted by molar-refractivity contribution is 5.56. The van der Waals surface area contributed by atoms with Crippen LogP contribution < -0.4 is 10.2 Å². The van der Waals surface area contributed by atoms with Gasteiger partial charge in [0.15, 0.2) is 0 Å². The van der Waals surface area contributed by atoms with Gasteiger partial charge in [-0.3, -0.25) is 4.98 Å². The van der Waals surface area contributed by atoms with Crippen LogP contribution in [0.5, 0.6) is 0 Å². The summed E-state index contributed by atoms with van der Waals surface area (Å²) in [5, 5.41) is 3.41. The maximum atomic E-state index is 4.37. The number of nitrogens with one attached hydrogen (secondary N) is 1. The monoisotopic (exact) mass is 247 g/mol. The average molecular weight is 247 g/mol. The summed E-state index contributed by atoms with van der Waals surface area (Å²) >= 11 is 0. The fourth-order valence-corrected chi connectivity index (χ4v) is 2.65. The molecule has 2 rings (SSSR count). The normalized spacial score (nSPS) is 24.1. The van der Waals surface area contributed by atoms with E-state index in [9.17, 15) is 0 Å². The van der Waals surface area contributed by atoms with Gasteiger partial charge in [0.2, 0.25) is 0 Å². The van der Waals surface area contributed by atoms with E-state index >= 15 is 0 Å². The number of piperidine rings is 1. The SMILES string of the molecule is CCCNc1cncc(N2CCCC(C)C2C)c1. The Morgan fingerprint density at radius 1 is 1.39 bits per heavy atom. The number of pyridine rings is 1. The van der Waals surface area contributed by atoms with Gasteiger partial charge >= 0.3 is 0 Å². The van der Waals surface area contributed by atoms with Crippen LogP contribution in [0.3, 0.4) is 0 Å². The Morgan fingerprint density at radius 3 is 3.00 bits per heavy atom. The van der Waals surface area contributed by atoms with Crippen molar-refractivity contribution in [2.75, 3.05) is 23.3 Å². The van der Waals surface area contributed by atoms with E-state index in [0.717, 1.165) is 31.1 Å². The van der Waals surface area contributed by atoms with Crippen molar-refractivity contribution in [2.45, 2.75) is 46.1 Å². The summed E-state index contributed by atoms with van der Waals surface area (Å²) < 4.78 is 0. The van der Waals surface area contributed by atoms with Crippen LogP contribution in [-0.2, 0) is 0 Å². The van der Waals surface area contributed by atoms with Crippen LogP contribution in [0.2, 0.25) is 0 Å². The Bertz CT molecular complexity index is 378. The van der Waals surface area contributed by atoms with Crippen LogP contribution in [0.15, 0.2) is 18.5 Å². The summed E-state index contributed by atoms with van der Waals surface area (Å²) in [7, 11) is 0. The molecule has 3 heteroatoms. The molecule has 0 amide bonds. The van der Waals surface area contributed by atoms with Gasteiger partial charge in [0, 0.05) is 19.1 Å². The fraction of sp³-hybridized carbons (Fsp3) is 0.667. The Kier molecular flexibility index (Phi) is 4.45. The van der Waals surface area contributed by atoms with Gasteiger partial charge in [-0.25, -0.2) is 0 Å². The maximum absolute atomic E-state index is 4.37. The van der Waals surface area contributed by atoms with Gasteiger partial charge in [0.05, 0.1) is 23.8 Å². The van der Waals surface area contributed by atoms with Crippen molar-refractivity contribution in [2.24, 2.45) is 5.92 Å². The molecule has 0 radical (unpaired) electrons. The molecule has 1 N–H and O–H groups in total. The first-order valence-corrected chi connectivity index (χ1v) is 7.18. The van der Waals surface area contributed by atoms with Gasteiger partial charge in [-0.15, -0.1) is 0 Å². The highest BCUT2D eigenvalue weighted by atomic mass is 15.2. The minimum Gasteiger partial charge on any atom is -0.384 e. The standard InChI is InChI=1S/C15H25N3/c1-4-7-17-14-9-15(11-16-10-14)18-8-5-6-12(2)13(18)3/h9-13,17H,4-8H2,1-3H3. The lowest BCUT2D eigenvalue weighted by Crippen LogP contribution is -2.42. The molecular formula is C15H25N3. The Balaban J connectivity index is 2.11. The second-order valence-electron chi connectivity index (χ2n) is 5.41. The van der Waals surface area contributed by atoms with Crippen molar-refractivity contribution in [3.8, 4) is 0 Å². The van der Waals surface area contributed by atoms with E-state index in [1.165, 1.54) is 18.5 Å². The van der Waals surface area contributed by atoms with Crippen molar-refractivity contribution < 1.29 is 0 Å². The summed E-state index contributed by atoms with van der Waals surface area (Å²) in [6.45, 7) is 9.03. The van der Waals surface area contributed by atoms with E-state index < -0.39 is 0 Å². The molecule has 0 saturated carbocycles. The second kappa shape index (κ2) is 6.07. The lowest BCUT2D eigenvalue weighted by molar-refractivity contribution is 0.363. The van der Waals surface area contributed by atoms with Gasteiger partial charge in [-0.1, -0.05) is 13.8 Å². The van der Waals surface area contributed by atoms with E-state index in [-0.39, 0.29) is 0 Å². The number of anilines is 2. The molecule has 0 bridgehead atoms. The number of hydrogen-bond donors (Lipinski definition) is 1. The summed E-state index contributed by atoms with van der Waals surface area (Å²) in [6.07, 6.45) is 7.68. The van der Waals surface area contributed by atoms with Gasteiger partial charge in [-0.05, 0) is 38.2 Å². The van der Waals surface area contributed by atoms with Crippen molar-refractivity contribution in [3.63, 3.8) is 0 Å². The maximum Gasteiger partial charge on any atom is 0.0575 e. The molecule has 18 heavy (non-hydrogen) atoms. The molecule has 0 spiro atoms. The molecule has 1 fully saturated rings. The van der Waals surface area contributed by atoms with Crippen molar-refractivity contribution in [1.82, 2.24) is 4.98 Å². The molecule has 1 aliphatic heterocycles. The molecule has 1 aliphatic rings. The molecule has 0 aromatic carbocycles. The van der Waals surface area contributed by atoms with E-state index in [1.807, 2.05) is 12.4 Å². The Morgan fingerprint density at radius 2 is 2.22 bits per heavy atom. The lowest BCUT2D eigenvalue weighted by atomic mass is 9.92. The zero-order valence-electron chi connectivity index (χ0n) is 11.8. The third-order valence-electron chi connectivity index (χ3n) is 4.01. The molecule has 2 heterocycles. The lowest BCUT2D eigenvalue weighted by Gasteiger charge is -2.39. The first-order valence-electron chi connectivity index (χ1n) is 7.18. The average Bonchev–Trinajstić information content (AvgIpc) is 2.40. The first kappa shape index (κ1) is 13.2. The van der Waals surface area contributed by atoms with Gasteiger partial charge in [0.25, 0.3) is 0 Å². The molecule has 0 aliphatic carbocycles. The van der Waals surface area contributed by atoms with E-state index in [1.54, 1.807) is 0 Å². The van der Waals surface area contributed by atoms with Gasteiger partial charge in [0.1, 0.15) is 0 Å². The van der Waals surface area contributed by atoms with Crippen LogP contribution in [0.4, 0.5) is 11.4 Å². The summed E-state index contributed by atoms with van der Waals surface area (Å²) in [5.74, 6) is 0.769. The highest BCUT2D eigenvalue weighted by Crippen LogP contribution is 2.29. The number of hydrogen-bond acceptors (Lipinski definition) is 3. The minimum absolute atomic E-state index is 0.613. The van der Waals surface area contributed by atoms with Crippen LogP contribution in [0.25, 0.3) is 0 Å². The fourth-order valence-electron chi connectivity index (χ4n) is 2.65. The van der Waals surface area contributed by atoms with E-state index in [0.29, 0.717) is 6.04 Å². The quantitative estimate of drug-likeness (QED) is 0.882. The number of nitrogens with zero attached hydrogens (tertiary/aromatic N) is 2. The van der Waals surface area contributed by atoms with Gasteiger partial charge in [-0.2, -0.15) is 0 Å². The van der Waals surface area contributed by atoms with Gasteiger partial charge < -0.3 is 10.2 Å². The Hall–Kier alpha value is -1.25. The predicted octanol–water partition coefficient (Wildman–Crippen LogP) is 3.53. The highest BCUT2D eigenvalue weighted by Gasteiger charge is 2.24. The molecule has 2 atom stereocenters. The largest absolute Gasteiger partial charge is 0.384 e. The number of aromatic nitrogens is 1. The summed E-state index contributed by atoms with van der Waals surface area (Å²) in [5.41, 5.74) is 2.40. The van der Waals surface area contributed by atoms with Crippen LogP contribution in [0, 0.1) is 5.92 Å². The third kappa shape index (κ3) is 2.95. The van der Waals surface area contributed by atoms with Crippen LogP contribution >= 0.6 is 0 Å². The van der Waals surface area contributed by atoms with Crippen molar-refractivity contribution in [1.29, 1.82) is 0 Å². The zero-order chi connectivity index (χ0) is 13.0. The van der Waals surface area contributed by atoms with Crippen molar-refractivity contribution in [3.05, 3.63) is 18.5 Å². The minimum atomic E-state index is 0.613. The third-order valence-corrected chi connectivity index (χ3v) is 4.01. The summed E-state index contributed by atoms with van der Waals surface area (Å²) in [4.78, 5) is 6.87. The summed E-state index contributed by atoms with van der Waals surface area (Å²) in [6, 6.07) is 2.85. The molecule has 100 valence electrons. The molecule has 1 saturated heterocycles. The molecule has 1 aromatic heterocycles. The van der Waals surface area contributed by atoms with Crippen molar-refractivity contribution >= 4 is 11.4 Å².